The van der Waals surface area contributed by atoms with Gasteiger partial charge in [0.25, 0.3) is 5.91 Å². The molecule has 4 heterocycles. The Bertz CT molecular complexity index is 1290. The van der Waals surface area contributed by atoms with E-state index in [1.807, 2.05) is 6.92 Å². The van der Waals surface area contributed by atoms with Gasteiger partial charge >= 0.3 is 6.09 Å². The SMILES string of the molecule is CCc1c(F)cccc1Nc1c(-c2ccncc2OC[C@@H]2CCN2C(=O)O)[nH]c2c1C(=O)NCC2. The van der Waals surface area contributed by atoms with E-state index in [1.54, 1.807) is 30.6 Å². The van der Waals surface area contributed by atoms with Gasteiger partial charge in [0.2, 0.25) is 0 Å². The molecule has 9 nitrogen and oxygen atoms in total. The first kappa shape index (κ1) is 22.7. The Labute approximate surface area is 201 Å². The predicted molar refractivity (Wildman–Crippen MR) is 128 cm³/mol. The zero-order chi connectivity index (χ0) is 24.5. The maximum atomic E-state index is 14.5. The Morgan fingerprint density at radius 3 is 2.97 bits per heavy atom. The summed E-state index contributed by atoms with van der Waals surface area (Å²) in [5.74, 6) is -0.0696. The topological polar surface area (TPSA) is 120 Å². The molecule has 0 spiro atoms. The number of aromatic amines is 1. The lowest BCUT2D eigenvalue weighted by Crippen LogP contribution is -2.53. The Morgan fingerprint density at radius 1 is 1.37 bits per heavy atom. The second-order valence-electron chi connectivity index (χ2n) is 8.58. The minimum Gasteiger partial charge on any atom is -0.489 e. The lowest BCUT2D eigenvalue weighted by molar-refractivity contribution is 0.0500. The van der Waals surface area contributed by atoms with Crippen LogP contribution in [0.1, 0.15) is 35.0 Å². The van der Waals surface area contributed by atoms with Crippen molar-refractivity contribution in [1.29, 1.82) is 0 Å². The van der Waals surface area contributed by atoms with Crippen molar-refractivity contribution in [3.63, 3.8) is 0 Å². The van der Waals surface area contributed by atoms with Crippen LogP contribution in [0.3, 0.4) is 0 Å². The molecular formula is C25H26FN5O4. The summed E-state index contributed by atoms with van der Waals surface area (Å²) in [4.78, 5) is 33.1. The maximum absolute atomic E-state index is 14.5. The second kappa shape index (κ2) is 9.28. The Hall–Kier alpha value is -4.08. The summed E-state index contributed by atoms with van der Waals surface area (Å²) in [5.41, 5.74) is 4.19. The van der Waals surface area contributed by atoms with Crippen molar-refractivity contribution in [1.82, 2.24) is 20.2 Å². The number of likely N-dealkylation sites (tertiary alicyclic amines) is 1. The van der Waals surface area contributed by atoms with Gasteiger partial charge in [0.15, 0.2) is 0 Å². The minimum absolute atomic E-state index is 0.193. The van der Waals surface area contributed by atoms with E-state index in [0.29, 0.717) is 65.4 Å². The lowest BCUT2D eigenvalue weighted by atomic mass is 10.0. The van der Waals surface area contributed by atoms with Gasteiger partial charge in [0, 0.05) is 48.2 Å². The molecule has 35 heavy (non-hydrogen) atoms. The van der Waals surface area contributed by atoms with Crippen LogP contribution in [-0.4, -0.2) is 57.7 Å². The third-order valence-corrected chi connectivity index (χ3v) is 6.57. The van der Waals surface area contributed by atoms with E-state index >= 15 is 0 Å². The average molecular weight is 480 g/mol. The number of halogens is 1. The molecule has 0 radical (unpaired) electrons. The molecule has 1 fully saturated rings. The molecule has 1 atom stereocenters. The Morgan fingerprint density at radius 2 is 2.23 bits per heavy atom. The molecule has 0 aliphatic carbocycles. The maximum Gasteiger partial charge on any atom is 0.407 e. The molecule has 3 aromatic rings. The molecule has 4 N–H and O–H groups in total. The van der Waals surface area contributed by atoms with Crippen LogP contribution >= 0.6 is 0 Å². The first-order valence-electron chi connectivity index (χ1n) is 11.6. The molecule has 2 amide bonds. The van der Waals surface area contributed by atoms with E-state index in [0.717, 1.165) is 12.1 Å². The zero-order valence-electron chi connectivity index (χ0n) is 19.2. The molecule has 2 aliphatic heterocycles. The summed E-state index contributed by atoms with van der Waals surface area (Å²) in [6.45, 7) is 3.07. The van der Waals surface area contributed by atoms with Crippen molar-refractivity contribution in [2.45, 2.75) is 32.2 Å². The van der Waals surface area contributed by atoms with E-state index in [-0.39, 0.29) is 24.4 Å². The van der Waals surface area contributed by atoms with Crippen molar-refractivity contribution in [3.05, 3.63) is 59.3 Å². The number of rotatable bonds is 7. The summed E-state index contributed by atoms with van der Waals surface area (Å²) >= 11 is 0. The number of nitrogens with zero attached hydrogens (tertiary/aromatic N) is 2. The highest BCUT2D eigenvalue weighted by atomic mass is 19.1. The number of amides is 2. The fourth-order valence-electron chi connectivity index (χ4n) is 4.63. The van der Waals surface area contributed by atoms with Crippen molar-refractivity contribution < 1.29 is 23.8 Å². The van der Waals surface area contributed by atoms with Crippen LogP contribution in [0.5, 0.6) is 5.75 Å². The molecular weight excluding hydrogens is 453 g/mol. The normalized spacial score (nSPS) is 16.8. The number of pyridine rings is 1. The number of anilines is 2. The van der Waals surface area contributed by atoms with Gasteiger partial charge in [-0.05, 0) is 31.0 Å². The van der Waals surface area contributed by atoms with Crippen LogP contribution in [0.25, 0.3) is 11.3 Å². The number of aromatic nitrogens is 2. The highest BCUT2D eigenvalue weighted by molar-refractivity contribution is 6.06. The highest BCUT2D eigenvalue weighted by Gasteiger charge is 2.33. The molecule has 2 aliphatic rings. The van der Waals surface area contributed by atoms with E-state index < -0.39 is 6.09 Å². The van der Waals surface area contributed by atoms with Gasteiger partial charge in [-0.3, -0.25) is 9.78 Å². The molecule has 1 aromatic carbocycles. The van der Waals surface area contributed by atoms with Gasteiger partial charge in [0.05, 0.1) is 29.2 Å². The molecule has 10 heteroatoms. The number of ether oxygens (including phenoxy) is 1. The van der Waals surface area contributed by atoms with Gasteiger partial charge in [-0.25, -0.2) is 9.18 Å². The largest absolute Gasteiger partial charge is 0.489 e. The van der Waals surface area contributed by atoms with Crippen molar-refractivity contribution >= 4 is 23.4 Å². The fourth-order valence-corrected chi connectivity index (χ4v) is 4.63. The van der Waals surface area contributed by atoms with Crippen molar-refractivity contribution in [2.75, 3.05) is 25.0 Å². The number of nitrogens with one attached hydrogen (secondary N) is 3. The van der Waals surface area contributed by atoms with Gasteiger partial charge in [-0.2, -0.15) is 0 Å². The van der Waals surface area contributed by atoms with Gasteiger partial charge in [0.1, 0.15) is 18.2 Å². The molecule has 2 aromatic heterocycles. The summed E-state index contributed by atoms with van der Waals surface area (Å²) in [6.07, 6.45) is 4.06. The van der Waals surface area contributed by atoms with Crippen molar-refractivity contribution in [3.8, 4) is 17.0 Å². The third-order valence-electron chi connectivity index (χ3n) is 6.57. The smallest absolute Gasteiger partial charge is 0.407 e. The molecule has 5 rings (SSSR count). The van der Waals surface area contributed by atoms with Crippen molar-refractivity contribution in [2.24, 2.45) is 0 Å². The molecule has 182 valence electrons. The summed E-state index contributed by atoms with van der Waals surface area (Å²) < 4.78 is 20.5. The zero-order valence-corrected chi connectivity index (χ0v) is 19.2. The number of hydrogen-bond acceptors (Lipinski definition) is 5. The van der Waals surface area contributed by atoms with Gasteiger partial charge in [-0.15, -0.1) is 0 Å². The number of hydrogen-bond donors (Lipinski definition) is 4. The highest BCUT2D eigenvalue weighted by Crippen LogP contribution is 2.41. The van der Waals surface area contributed by atoms with Crippen LogP contribution in [0.15, 0.2) is 36.7 Å². The van der Waals surface area contributed by atoms with E-state index in [4.69, 9.17) is 4.74 Å². The Kier molecular flexibility index (Phi) is 6.02. The molecule has 0 saturated carbocycles. The van der Waals surface area contributed by atoms with Crippen LogP contribution in [0.4, 0.5) is 20.6 Å². The number of fused-ring (bicyclic) bond motifs is 1. The molecule has 0 unspecified atom stereocenters. The second-order valence-corrected chi connectivity index (χ2v) is 8.58. The van der Waals surface area contributed by atoms with Gasteiger partial charge < -0.3 is 30.4 Å². The fraction of sp³-hybridized carbons (Fsp3) is 0.320. The summed E-state index contributed by atoms with van der Waals surface area (Å²) in [7, 11) is 0. The summed E-state index contributed by atoms with van der Waals surface area (Å²) in [6, 6.07) is 6.38. The number of carbonyl (C=O) groups is 2. The van der Waals surface area contributed by atoms with E-state index in [2.05, 4.69) is 20.6 Å². The number of carbonyl (C=O) groups excluding carboxylic acids is 1. The monoisotopic (exact) mass is 479 g/mol. The van der Waals surface area contributed by atoms with Crippen LogP contribution < -0.4 is 15.4 Å². The summed E-state index contributed by atoms with van der Waals surface area (Å²) in [5, 5.41) is 15.5. The number of carboxylic acid groups (broad SMARTS) is 1. The minimum atomic E-state index is -0.965. The average Bonchev–Trinajstić information content (AvgIpc) is 3.18. The standard InChI is InChI=1S/C25H26FN5O4/c1-2-15-17(26)4-3-5-18(15)29-23-21-19(7-10-28-24(21)32)30-22(23)16-6-9-27-12-20(16)35-13-14-8-11-31(14)25(33)34/h3-6,9,12,14,29-30H,2,7-8,10-11,13H2,1H3,(H,28,32)(H,33,34)/t14-/m0/s1. The van der Waals surface area contributed by atoms with Crippen LogP contribution in [0, 0.1) is 5.82 Å². The Balaban J connectivity index is 1.54. The first-order valence-corrected chi connectivity index (χ1v) is 11.6. The quantitative estimate of drug-likeness (QED) is 0.408. The molecule has 0 bridgehead atoms. The number of benzene rings is 1. The van der Waals surface area contributed by atoms with Gasteiger partial charge in [-0.1, -0.05) is 13.0 Å². The molecule has 1 saturated heterocycles. The third kappa shape index (κ3) is 4.16. The predicted octanol–water partition coefficient (Wildman–Crippen LogP) is 3.94. The lowest BCUT2D eigenvalue weighted by Gasteiger charge is -2.38. The van der Waals surface area contributed by atoms with Crippen LogP contribution in [0.2, 0.25) is 0 Å². The first-order chi connectivity index (χ1) is 17.0. The van der Waals surface area contributed by atoms with E-state index in [9.17, 15) is 19.1 Å². The number of H-pyrrole nitrogens is 1. The van der Waals surface area contributed by atoms with E-state index in [1.165, 1.54) is 11.0 Å². The van der Waals surface area contributed by atoms with Crippen LogP contribution in [-0.2, 0) is 12.8 Å².